The molecule has 1 saturated heterocycles. The van der Waals surface area contributed by atoms with E-state index in [1.54, 1.807) is 6.20 Å². The molecule has 0 aliphatic carbocycles. The molecular formula is C24H24F3N5O. The van der Waals surface area contributed by atoms with Gasteiger partial charge in [0.05, 0.1) is 11.4 Å². The fourth-order valence-corrected chi connectivity index (χ4v) is 4.66. The summed E-state index contributed by atoms with van der Waals surface area (Å²) in [5.74, 6) is 1.45. The van der Waals surface area contributed by atoms with Crippen molar-refractivity contribution in [1.82, 2.24) is 25.4 Å². The van der Waals surface area contributed by atoms with Crippen LogP contribution in [0.3, 0.4) is 0 Å². The van der Waals surface area contributed by atoms with E-state index in [0.29, 0.717) is 40.4 Å². The molecule has 0 bridgehead atoms. The van der Waals surface area contributed by atoms with Gasteiger partial charge in [-0.1, -0.05) is 17.3 Å². The van der Waals surface area contributed by atoms with Gasteiger partial charge in [0.1, 0.15) is 17.1 Å². The maximum absolute atomic E-state index is 13.9. The van der Waals surface area contributed by atoms with Crippen LogP contribution in [0, 0.1) is 19.8 Å². The highest BCUT2D eigenvalue weighted by Gasteiger charge is 2.36. The van der Waals surface area contributed by atoms with E-state index in [4.69, 9.17) is 4.52 Å². The first-order chi connectivity index (χ1) is 15.8. The van der Waals surface area contributed by atoms with Gasteiger partial charge < -0.3 is 14.8 Å². The molecule has 0 spiro atoms. The van der Waals surface area contributed by atoms with Crippen molar-refractivity contribution in [3.63, 3.8) is 0 Å². The summed E-state index contributed by atoms with van der Waals surface area (Å²) < 4.78 is 46.8. The highest BCUT2D eigenvalue weighted by molar-refractivity contribution is 5.97. The second kappa shape index (κ2) is 8.30. The van der Waals surface area contributed by atoms with E-state index in [2.05, 4.69) is 25.4 Å². The number of piperidine rings is 1. The third-order valence-corrected chi connectivity index (χ3v) is 6.27. The minimum atomic E-state index is -4.56. The van der Waals surface area contributed by atoms with Crippen LogP contribution in [-0.2, 0) is 12.6 Å². The van der Waals surface area contributed by atoms with E-state index in [0.717, 1.165) is 48.9 Å². The van der Waals surface area contributed by atoms with Crippen molar-refractivity contribution in [2.24, 2.45) is 5.92 Å². The molecule has 2 N–H and O–H groups in total. The smallest absolute Gasteiger partial charge is 0.361 e. The Morgan fingerprint density at radius 3 is 2.76 bits per heavy atom. The van der Waals surface area contributed by atoms with Crippen molar-refractivity contribution in [2.75, 3.05) is 13.1 Å². The first-order valence-corrected chi connectivity index (χ1v) is 11.0. The Labute approximate surface area is 188 Å². The molecule has 5 rings (SSSR count). The number of nitrogens with one attached hydrogen (secondary N) is 2. The molecule has 9 heteroatoms. The molecule has 0 radical (unpaired) electrons. The van der Waals surface area contributed by atoms with Crippen LogP contribution in [0.2, 0.25) is 0 Å². The van der Waals surface area contributed by atoms with Crippen molar-refractivity contribution in [2.45, 2.75) is 39.3 Å². The van der Waals surface area contributed by atoms with Gasteiger partial charge in [-0.3, -0.25) is 0 Å². The summed E-state index contributed by atoms with van der Waals surface area (Å²) >= 11 is 0. The highest BCUT2D eigenvalue weighted by atomic mass is 19.4. The number of hydrogen-bond acceptors (Lipinski definition) is 5. The molecule has 3 aromatic heterocycles. The first kappa shape index (κ1) is 21.6. The van der Waals surface area contributed by atoms with Gasteiger partial charge >= 0.3 is 6.18 Å². The van der Waals surface area contributed by atoms with Crippen LogP contribution in [0.15, 0.2) is 35.1 Å². The largest absolute Gasteiger partial charge is 0.419 e. The van der Waals surface area contributed by atoms with Crippen LogP contribution in [0.4, 0.5) is 13.2 Å². The first-order valence-electron chi connectivity index (χ1n) is 11.0. The molecule has 33 heavy (non-hydrogen) atoms. The number of benzene rings is 1. The summed E-state index contributed by atoms with van der Waals surface area (Å²) in [6.45, 7) is 5.49. The number of aromatic amines is 1. The van der Waals surface area contributed by atoms with Crippen LogP contribution in [0.5, 0.6) is 0 Å². The molecule has 1 aliphatic heterocycles. The van der Waals surface area contributed by atoms with Gasteiger partial charge in [-0.15, -0.1) is 0 Å². The fourth-order valence-electron chi connectivity index (χ4n) is 4.66. The second-order valence-electron chi connectivity index (χ2n) is 8.62. The van der Waals surface area contributed by atoms with E-state index in [1.807, 2.05) is 32.0 Å². The lowest BCUT2D eigenvalue weighted by atomic mass is 9.95. The predicted octanol–water partition coefficient (Wildman–Crippen LogP) is 5.46. The average Bonchev–Trinajstić information content (AvgIpc) is 3.35. The monoisotopic (exact) mass is 455 g/mol. The number of nitrogens with zero attached hydrogens (tertiary/aromatic N) is 3. The lowest BCUT2D eigenvalue weighted by molar-refractivity contribution is -0.137. The molecule has 1 aliphatic rings. The maximum Gasteiger partial charge on any atom is 0.419 e. The van der Waals surface area contributed by atoms with Crippen LogP contribution in [0.25, 0.3) is 33.3 Å². The van der Waals surface area contributed by atoms with Gasteiger partial charge in [-0.25, -0.2) is 9.97 Å². The summed E-state index contributed by atoms with van der Waals surface area (Å²) in [4.78, 5) is 11.6. The van der Waals surface area contributed by atoms with Crippen LogP contribution in [0.1, 0.15) is 35.7 Å². The molecule has 0 unspecified atom stereocenters. The van der Waals surface area contributed by atoms with Gasteiger partial charge in [0.2, 0.25) is 0 Å². The second-order valence-corrected chi connectivity index (χ2v) is 8.62. The van der Waals surface area contributed by atoms with E-state index < -0.39 is 11.7 Å². The molecule has 1 aromatic carbocycles. The molecule has 4 heterocycles. The maximum atomic E-state index is 13.9. The van der Waals surface area contributed by atoms with Crippen molar-refractivity contribution < 1.29 is 17.7 Å². The van der Waals surface area contributed by atoms with E-state index in [9.17, 15) is 13.2 Å². The normalized spacial score (nSPS) is 17.1. The van der Waals surface area contributed by atoms with Crippen molar-refractivity contribution >= 4 is 10.9 Å². The number of halogens is 3. The van der Waals surface area contributed by atoms with E-state index in [1.165, 1.54) is 0 Å². The summed E-state index contributed by atoms with van der Waals surface area (Å²) in [6, 6.07) is 5.58. The Hall–Kier alpha value is -3.20. The molecule has 4 aromatic rings. The van der Waals surface area contributed by atoms with Gasteiger partial charge in [0.25, 0.3) is 0 Å². The third kappa shape index (κ3) is 4.13. The van der Waals surface area contributed by atoms with Crippen molar-refractivity contribution in [3.05, 3.63) is 53.4 Å². The predicted molar refractivity (Wildman–Crippen MR) is 119 cm³/mol. The molecule has 0 saturated carbocycles. The van der Waals surface area contributed by atoms with Crippen molar-refractivity contribution in [1.29, 1.82) is 0 Å². The van der Waals surface area contributed by atoms with Crippen LogP contribution >= 0.6 is 0 Å². The number of aromatic nitrogens is 4. The number of aryl methyl sites for hydroxylation is 2. The fraction of sp³-hybridized carbons (Fsp3) is 0.375. The standard InChI is InChI=1S/C24H24F3N5O/c1-13-22(14(2)33-32-13)16-5-6-17-18(11-29-20(17)9-16)23-19(24(25,26)27)12-30-21(31-23)8-15-4-3-7-28-10-15/h5-6,9,11-12,15,28-29H,3-4,7-8,10H2,1-2H3/t15-/m1/s1. The van der Waals surface area contributed by atoms with Gasteiger partial charge in [0, 0.05) is 40.8 Å². The Morgan fingerprint density at radius 2 is 2.06 bits per heavy atom. The lowest BCUT2D eigenvalue weighted by Crippen LogP contribution is -2.31. The highest BCUT2D eigenvalue weighted by Crippen LogP contribution is 2.39. The number of H-pyrrole nitrogens is 1. The zero-order chi connectivity index (χ0) is 23.2. The summed E-state index contributed by atoms with van der Waals surface area (Å²) in [7, 11) is 0. The quantitative estimate of drug-likeness (QED) is 0.427. The number of fused-ring (bicyclic) bond motifs is 1. The Balaban J connectivity index is 1.58. The average molecular weight is 455 g/mol. The molecule has 0 amide bonds. The SMILES string of the molecule is Cc1noc(C)c1-c1ccc2c(-c3nc(C[C@H]4CCCNC4)ncc3C(F)(F)F)c[nH]c2c1. The minimum Gasteiger partial charge on any atom is -0.361 e. The van der Waals surface area contributed by atoms with Gasteiger partial charge in [-0.2, -0.15) is 13.2 Å². The molecule has 1 fully saturated rings. The van der Waals surface area contributed by atoms with Gasteiger partial charge in [-0.05, 0) is 57.3 Å². The van der Waals surface area contributed by atoms with Crippen LogP contribution in [-0.4, -0.2) is 33.2 Å². The van der Waals surface area contributed by atoms with Gasteiger partial charge in [0.15, 0.2) is 0 Å². The summed E-state index contributed by atoms with van der Waals surface area (Å²) in [5, 5.41) is 7.99. The molecule has 6 nitrogen and oxygen atoms in total. The van der Waals surface area contributed by atoms with Crippen molar-refractivity contribution in [3.8, 4) is 22.4 Å². The summed E-state index contributed by atoms with van der Waals surface area (Å²) in [5.41, 5.74) is 2.73. The Kier molecular flexibility index (Phi) is 5.44. The number of rotatable bonds is 4. The topological polar surface area (TPSA) is 79.6 Å². The zero-order valence-corrected chi connectivity index (χ0v) is 18.4. The Bertz CT molecular complexity index is 1280. The molecule has 172 valence electrons. The zero-order valence-electron chi connectivity index (χ0n) is 18.4. The van der Waals surface area contributed by atoms with Crippen LogP contribution < -0.4 is 5.32 Å². The third-order valence-electron chi connectivity index (χ3n) is 6.27. The Morgan fingerprint density at radius 1 is 1.21 bits per heavy atom. The summed E-state index contributed by atoms with van der Waals surface area (Å²) in [6.07, 6.45) is 0.575. The molecule has 1 atom stereocenters. The number of alkyl halides is 3. The number of hydrogen-bond donors (Lipinski definition) is 2. The lowest BCUT2D eigenvalue weighted by Gasteiger charge is -2.22. The van der Waals surface area contributed by atoms with E-state index >= 15 is 0 Å². The minimum absolute atomic E-state index is 0.0902. The van der Waals surface area contributed by atoms with E-state index in [-0.39, 0.29) is 5.69 Å². The molecular weight excluding hydrogens is 431 g/mol.